The van der Waals surface area contributed by atoms with Gasteiger partial charge in [-0.15, -0.1) is 0 Å². The molecule has 2 aromatic heterocycles. The molecule has 106 valence electrons. The Bertz CT molecular complexity index is 837. The lowest BCUT2D eigenvalue weighted by Crippen LogP contribution is -1.99. The van der Waals surface area contributed by atoms with Crippen LogP contribution in [-0.2, 0) is 0 Å². The molecular formula is C16H14IN3O. The number of aromatic nitrogens is 2. The lowest BCUT2D eigenvalue weighted by Gasteiger charge is -2.11. The lowest BCUT2D eigenvalue weighted by atomic mass is 10.0. The number of nitriles is 1. The molecule has 5 heteroatoms. The second-order valence-corrected chi connectivity index (χ2v) is 7.53. The smallest absolute Gasteiger partial charge is 0.138 e. The largest absolute Gasteiger partial charge is 0.492 e. The lowest BCUT2D eigenvalue weighted by molar-refractivity contribution is 0.338. The number of allylic oxidation sites excluding steroid dienone is 3. The predicted octanol–water partition coefficient (Wildman–Crippen LogP) is 3.68. The zero-order chi connectivity index (χ0) is 14.8. The molecule has 0 saturated carbocycles. The Morgan fingerprint density at radius 1 is 1.43 bits per heavy atom. The fraction of sp³-hybridized carbons (Fsp3) is 0.188. The Labute approximate surface area is 133 Å². The summed E-state index contributed by atoms with van der Waals surface area (Å²) < 4.78 is 11.1. The first-order chi connectivity index (χ1) is 10.2. The van der Waals surface area contributed by atoms with Crippen LogP contribution in [0.15, 0.2) is 34.7 Å². The van der Waals surface area contributed by atoms with E-state index in [1.807, 2.05) is 19.2 Å². The Morgan fingerprint density at radius 2 is 2.29 bits per heavy atom. The summed E-state index contributed by atoms with van der Waals surface area (Å²) in [5.41, 5.74) is 3.60. The van der Waals surface area contributed by atoms with Gasteiger partial charge in [0.05, 0.1) is 30.1 Å². The predicted molar refractivity (Wildman–Crippen MR) is 92.9 cm³/mol. The summed E-state index contributed by atoms with van der Waals surface area (Å²) in [6.07, 6.45) is 7.70. The summed E-state index contributed by atoms with van der Waals surface area (Å²) in [5, 5.41) is 13.6. The maximum Gasteiger partial charge on any atom is 0.138 e. The minimum atomic E-state index is -0.0741. The van der Waals surface area contributed by atoms with E-state index in [1.165, 1.54) is 3.51 Å². The molecule has 1 aliphatic heterocycles. The van der Waals surface area contributed by atoms with Gasteiger partial charge in [0.25, 0.3) is 0 Å². The van der Waals surface area contributed by atoms with Crippen molar-refractivity contribution >= 4 is 35.3 Å². The molecular weight excluding hydrogens is 377 g/mol. The number of rotatable bonds is 3. The Balaban J connectivity index is 2.26. The highest BCUT2D eigenvalue weighted by Gasteiger charge is 2.14. The van der Waals surface area contributed by atoms with Crippen LogP contribution in [-0.4, -0.2) is 19.7 Å². The third-order valence-corrected chi connectivity index (χ3v) is 5.49. The van der Waals surface area contributed by atoms with Crippen LogP contribution < -0.4 is 4.74 Å². The second-order valence-electron chi connectivity index (χ2n) is 4.58. The van der Waals surface area contributed by atoms with Gasteiger partial charge in [0, 0.05) is 5.56 Å². The van der Waals surface area contributed by atoms with E-state index in [0.717, 1.165) is 22.4 Å². The Kier molecular flexibility index (Phi) is 3.88. The van der Waals surface area contributed by atoms with E-state index in [4.69, 9.17) is 4.74 Å². The molecule has 0 unspecified atom stereocenters. The average molecular weight is 391 g/mol. The van der Waals surface area contributed by atoms with Crippen molar-refractivity contribution in [2.75, 3.05) is 6.61 Å². The molecule has 0 aliphatic carbocycles. The maximum absolute atomic E-state index is 9.29. The average Bonchev–Trinajstić information content (AvgIpc) is 2.91. The van der Waals surface area contributed by atoms with Crippen LogP contribution in [0.4, 0.5) is 0 Å². The summed E-state index contributed by atoms with van der Waals surface area (Å²) in [6, 6.07) is 4.22. The number of pyridine rings is 1. The van der Waals surface area contributed by atoms with Crippen LogP contribution >= 0.6 is 20.7 Å². The SMILES string of the molecule is CCOc1cc(C2=CI=C(C)C=C2)c2c(C#N)cnn2c1. The normalized spacial score (nSPS) is 14.1. The highest BCUT2D eigenvalue weighted by Crippen LogP contribution is 2.31. The van der Waals surface area contributed by atoms with Gasteiger partial charge in [-0.3, -0.25) is 0 Å². The van der Waals surface area contributed by atoms with Gasteiger partial charge in [0.1, 0.15) is 11.8 Å². The van der Waals surface area contributed by atoms with E-state index in [-0.39, 0.29) is 20.7 Å². The van der Waals surface area contributed by atoms with E-state index in [1.54, 1.807) is 10.7 Å². The molecule has 0 radical (unpaired) electrons. The topological polar surface area (TPSA) is 50.3 Å². The third kappa shape index (κ3) is 2.63. The minimum absolute atomic E-state index is 0.0741. The molecule has 21 heavy (non-hydrogen) atoms. The highest BCUT2D eigenvalue weighted by molar-refractivity contribution is 14.2. The van der Waals surface area contributed by atoms with E-state index in [2.05, 4.69) is 34.3 Å². The van der Waals surface area contributed by atoms with Crippen molar-refractivity contribution in [3.8, 4) is 11.8 Å². The summed E-state index contributed by atoms with van der Waals surface area (Å²) in [7, 11) is 0. The van der Waals surface area contributed by atoms with E-state index in [9.17, 15) is 5.26 Å². The van der Waals surface area contributed by atoms with Gasteiger partial charge in [0.2, 0.25) is 0 Å². The van der Waals surface area contributed by atoms with Gasteiger partial charge in [-0.1, -0.05) is 32.9 Å². The van der Waals surface area contributed by atoms with Gasteiger partial charge in [0.15, 0.2) is 0 Å². The zero-order valence-electron chi connectivity index (χ0n) is 11.8. The van der Waals surface area contributed by atoms with Crippen LogP contribution in [0, 0.1) is 11.3 Å². The maximum atomic E-state index is 9.29. The monoisotopic (exact) mass is 391 g/mol. The number of hydrogen-bond donors (Lipinski definition) is 0. The molecule has 1 aliphatic rings. The van der Waals surface area contributed by atoms with Gasteiger partial charge >= 0.3 is 0 Å². The molecule has 3 rings (SSSR count). The Hall–Kier alpha value is -1.94. The van der Waals surface area contributed by atoms with E-state index >= 15 is 0 Å². The first kappa shape index (κ1) is 14.0. The van der Waals surface area contributed by atoms with Crippen molar-refractivity contribution in [1.82, 2.24) is 9.61 Å². The van der Waals surface area contributed by atoms with Crippen LogP contribution in [0.2, 0.25) is 0 Å². The van der Waals surface area contributed by atoms with Crippen LogP contribution in [0.25, 0.3) is 11.1 Å². The summed E-state index contributed by atoms with van der Waals surface area (Å²) in [5.74, 6) is 0.770. The first-order valence-corrected chi connectivity index (χ1v) is 8.95. The molecule has 0 atom stereocenters. The molecule has 4 nitrogen and oxygen atoms in total. The van der Waals surface area contributed by atoms with Crippen molar-refractivity contribution < 1.29 is 4.74 Å². The highest BCUT2D eigenvalue weighted by atomic mass is 127. The van der Waals surface area contributed by atoms with Gasteiger partial charge in [-0.2, -0.15) is 10.4 Å². The first-order valence-electron chi connectivity index (χ1n) is 6.62. The molecule has 0 fully saturated rings. The fourth-order valence-corrected chi connectivity index (χ4v) is 3.97. The standard InChI is InChI=1S/C16H14IN3O/c1-3-21-14-6-15(12-5-4-11(2)17-7-12)16-13(8-18)9-19-20(16)10-14/h4-7,9-10H,3H2,1-2H3. The molecule has 0 amide bonds. The third-order valence-electron chi connectivity index (χ3n) is 3.17. The van der Waals surface area contributed by atoms with E-state index < -0.39 is 0 Å². The summed E-state index contributed by atoms with van der Waals surface area (Å²) in [6.45, 7) is 4.71. The number of fused-ring (bicyclic) bond motifs is 1. The molecule has 2 aromatic rings. The fourth-order valence-electron chi connectivity index (χ4n) is 2.22. The van der Waals surface area contributed by atoms with Gasteiger partial charge in [-0.05, 0) is 33.1 Å². The summed E-state index contributed by atoms with van der Waals surface area (Å²) >= 11 is -0.0741. The van der Waals surface area contributed by atoms with Crippen molar-refractivity contribution in [2.45, 2.75) is 13.8 Å². The number of halogens is 1. The minimum Gasteiger partial charge on any atom is -0.492 e. The Morgan fingerprint density at radius 3 is 2.95 bits per heavy atom. The van der Waals surface area contributed by atoms with Crippen LogP contribution in [0.1, 0.15) is 25.0 Å². The quantitative estimate of drug-likeness (QED) is 0.751. The molecule has 0 spiro atoms. The molecule has 3 heterocycles. The number of nitrogens with zero attached hydrogens (tertiary/aromatic N) is 3. The van der Waals surface area contributed by atoms with Crippen molar-refractivity contribution in [3.05, 3.63) is 45.8 Å². The number of ether oxygens (including phenoxy) is 1. The number of hydrogen-bond acceptors (Lipinski definition) is 3. The van der Waals surface area contributed by atoms with E-state index in [0.29, 0.717) is 12.2 Å². The molecule has 0 aromatic carbocycles. The summed E-state index contributed by atoms with van der Waals surface area (Å²) in [4.78, 5) is 0. The van der Waals surface area contributed by atoms with Crippen molar-refractivity contribution in [1.29, 1.82) is 5.26 Å². The molecule has 0 bridgehead atoms. The zero-order valence-corrected chi connectivity index (χ0v) is 14.0. The van der Waals surface area contributed by atoms with Crippen LogP contribution in [0.3, 0.4) is 0 Å². The van der Waals surface area contributed by atoms with Gasteiger partial charge in [-0.25, -0.2) is 4.52 Å². The van der Waals surface area contributed by atoms with Crippen molar-refractivity contribution in [2.24, 2.45) is 0 Å². The second kappa shape index (κ2) is 5.82. The van der Waals surface area contributed by atoms with Crippen LogP contribution in [0.5, 0.6) is 5.75 Å². The van der Waals surface area contributed by atoms with Crippen molar-refractivity contribution in [3.63, 3.8) is 0 Å². The van der Waals surface area contributed by atoms with Gasteiger partial charge < -0.3 is 4.74 Å². The molecule has 0 saturated heterocycles. The molecule has 0 N–H and O–H groups in total.